The Kier molecular flexibility index (Phi) is 3.17. The molecule has 1 aromatic heterocycles. The molecule has 0 N–H and O–H groups in total. The molecule has 0 aromatic carbocycles. The molecule has 0 aliphatic carbocycles. The maximum Gasteiger partial charge on any atom is 0.235 e. The van der Waals surface area contributed by atoms with Crippen LogP contribution in [0.1, 0.15) is 18.5 Å². The van der Waals surface area contributed by atoms with Crippen LogP contribution in [0.4, 0.5) is 0 Å². The van der Waals surface area contributed by atoms with Crippen LogP contribution in [0.2, 0.25) is 0 Å². The van der Waals surface area contributed by atoms with Crippen LogP contribution in [-0.4, -0.2) is 18.2 Å². The summed E-state index contributed by atoms with van der Waals surface area (Å²) < 4.78 is 4.89. The second-order valence-electron chi connectivity index (χ2n) is 2.53. The van der Waals surface area contributed by atoms with Gasteiger partial charge >= 0.3 is 0 Å². The third kappa shape index (κ3) is 2.39. The lowest BCUT2D eigenvalue weighted by Gasteiger charge is -2.04. The van der Waals surface area contributed by atoms with Crippen LogP contribution in [0.15, 0.2) is 23.3 Å². The van der Waals surface area contributed by atoms with E-state index in [9.17, 15) is 4.79 Å². The third-order valence-electron chi connectivity index (χ3n) is 1.70. The average molecular weight is 178 g/mol. The predicted octanol–water partition coefficient (Wildman–Crippen LogP) is 1.49. The summed E-state index contributed by atoms with van der Waals surface area (Å²) in [6.45, 7) is 1.80. The van der Waals surface area contributed by atoms with Crippen LogP contribution >= 0.6 is 0 Å². The van der Waals surface area contributed by atoms with E-state index in [1.54, 1.807) is 26.3 Å². The molecule has 4 heteroatoms. The van der Waals surface area contributed by atoms with E-state index in [4.69, 9.17) is 4.74 Å². The normalized spacial score (nSPS) is 11.5. The number of rotatable bonds is 3. The number of pyridine rings is 1. The third-order valence-corrected chi connectivity index (χ3v) is 1.70. The number of hydrogen-bond donors (Lipinski definition) is 0. The Bertz CT molecular complexity index is 315. The van der Waals surface area contributed by atoms with Crippen molar-refractivity contribution in [1.29, 1.82) is 0 Å². The van der Waals surface area contributed by atoms with Gasteiger partial charge in [-0.15, -0.1) is 0 Å². The molecule has 4 nitrogen and oxygen atoms in total. The van der Waals surface area contributed by atoms with Gasteiger partial charge in [-0.25, -0.2) is 9.78 Å². The van der Waals surface area contributed by atoms with Crippen LogP contribution in [0.5, 0.6) is 5.88 Å². The summed E-state index contributed by atoms with van der Waals surface area (Å²) in [5.41, 5.74) is 0.865. The smallest absolute Gasteiger partial charge is 0.235 e. The van der Waals surface area contributed by atoms with E-state index in [1.807, 2.05) is 6.07 Å². The van der Waals surface area contributed by atoms with E-state index in [0.717, 1.165) is 5.56 Å². The zero-order valence-corrected chi connectivity index (χ0v) is 7.52. The van der Waals surface area contributed by atoms with Gasteiger partial charge in [0.2, 0.25) is 12.0 Å². The zero-order valence-electron chi connectivity index (χ0n) is 7.52. The topological polar surface area (TPSA) is 51.5 Å². The highest BCUT2D eigenvalue weighted by atomic mass is 16.5. The molecule has 0 fully saturated rings. The molecule has 68 valence electrons. The molecule has 0 aliphatic rings. The molecule has 0 bridgehead atoms. The van der Waals surface area contributed by atoms with E-state index in [-0.39, 0.29) is 6.04 Å². The van der Waals surface area contributed by atoms with Crippen LogP contribution < -0.4 is 4.74 Å². The fraction of sp³-hybridized carbons (Fsp3) is 0.333. The standard InChI is InChI=1S/C9H10N2O2/c1-7(11-6-12)8-3-4-9(13-2)10-5-8/h3-5,7H,1-2H3. The molecule has 0 radical (unpaired) electrons. The first-order valence-corrected chi connectivity index (χ1v) is 3.85. The average Bonchev–Trinajstić information content (AvgIpc) is 2.18. The maximum absolute atomic E-state index is 9.97. The Hall–Kier alpha value is -1.67. The Labute approximate surface area is 76.3 Å². The van der Waals surface area contributed by atoms with Crippen LogP contribution in [-0.2, 0) is 4.79 Å². The van der Waals surface area contributed by atoms with E-state index >= 15 is 0 Å². The number of carbonyl (C=O) groups excluding carboxylic acids is 1. The van der Waals surface area contributed by atoms with Gasteiger partial charge in [0.1, 0.15) is 0 Å². The molecule has 0 spiro atoms. The van der Waals surface area contributed by atoms with E-state index in [2.05, 4.69) is 9.98 Å². The van der Waals surface area contributed by atoms with Crippen molar-refractivity contribution in [3.8, 4) is 5.88 Å². The summed E-state index contributed by atoms with van der Waals surface area (Å²) in [7, 11) is 1.55. The van der Waals surface area contributed by atoms with Crippen LogP contribution in [0, 0.1) is 0 Å². The van der Waals surface area contributed by atoms with Crippen LogP contribution in [0.3, 0.4) is 0 Å². The number of nitrogens with zero attached hydrogens (tertiary/aromatic N) is 2. The van der Waals surface area contributed by atoms with E-state index in [1.165, 1.54) is 6.08 Å². The number of aliphatic imine (C=N–C) groups is 1. The number of aromatic nitrogens is 1. The molecule has 0 saturated heterocycles. The van der Waals surface area contributed by atoms with Crippen molar-refractivity contribution in [2.45, 2.75) is 13.0 Å². The van der Waals surface area contributed by atoms with Gasteiger partial charge in [0.15, 0.2) is 0 Å². The molecule has 1 unspecified atom stereocenters. The molecule has 0 amide bonds. The Balaban J connectivity index is 2.85. The Morgan fingerprint density at radius 1 is 1.62 bits per heavy atom. The molecule has 0 aliphatic heterocycles. The van der Waals surface area contributed by atoms with Gasteiger partial charge in [-0.05, 0) is 18.6 Å². The van der Waals surface area contributed by atoms with Crippen molar-refractivity contribution < 1.29 is 9.53 Å². The summed E-state index contributed by atoms with van der Waals surface area (Å²) >= 11 is 0. The van der Waals surface area contributed by atoms with Gasteiger partial charge in [0.05, 0.1) is 13.2 Å². The quantitative estimate of drug-likeness (QED) is 0.520. The van der Waals surface area contributed by atoms with Crippen molar-refractivity contribution in [3.63, 3.8) is 0 Å². The molecule has 1 aromatic rings. The van der Waals surface area contributed by atoms with Gasteiger partial charge in [-0.1, -0.05) is 0 Å². The fourth-order valence-electron chi connectivity index (χ4n) is 0.913. The minimum absolute atomic E-state index is 0.198. The summed E-state index contributed by atoms with van der Waals surface area (Å²) in [5, 5.41) is 0. The molecule has 1 rings (SSSR count). The first-order chi connectivity index (χ1) is 6.27. The van der Waals surface area contributed by atoms with Crippen molar-refractivity contribution in [1.82, 2.24) is 4.98 Å². The number of ether oxygens (including phenoxy) is 1. The summed E-state index contributed by atoms with van der Waals surface area (Å²) in [6.07, 6.45) is 3.14. The minimum Gasteiger partial charge on any atom is -0.481 e. The molecular formula is C9H10N2O2. The summed E-state index contributed by atoms with van der Waals surface area (Å²) in [4.78, 5) is 17.5. The maximum atomic E-state index is 9.97. The predicted molar refractivity (Wildman–Crippen MR) is 47.3 cm³/mol. The fourth-order valence-corrected chi connectivity index (χ4v) is 0.913. The molecule has 1 heterocycles. The highest BCUT2D eigenvalue weighted by molar-refractivity contribution is 5.35. The van der Waals surface area contributed by atoms with Crippen molar-refractivity contribution in [3.05, 3.63) is 23.9 Å². The Morgan fingerprint density at radius 3 is 2.85 bits per heavy atom. The lowest BCUT2D eigenvalue weighted by Crippen LogP contribution is -1.92. The minimum atomic E-state index is -0.198. The van der Waals surface area contributed by atoms with Gasteiger partial charge in [-0.3, -0.25) is 0 Å². The van der Waals surface area contributed by atoms with Gasteiger partial charge in [0.25, 0.3) is 0 Å². The number of hydrogen-bond acceptors (Lipinski definition) is 4. The van der Waals surface area contributed by atoms with Crippen molar-refractivity contribution in [2.24, 2.45) is 4.99 Å². The Morgan fingerprint density at radius 2 is 2.38 bits per heavy atom. The largest absolute Gasteiger partial charge is 0.481 e. The second kappa shape index (κ2) is 4.38. The summed E-state index contributed by atoms with van der Waals surface area (Å²) in [6, 6.07) is 3.35. The lowest BCUT2D eigenvalue weighted by molar-refractivity contribution is 0.397. The molecule has 1 atom stereocenters. The summed E-state index contributed by atoms with van der Waals surface area (Å²) in [5.74, 6) is 0.547. The number of methoxy groups -OCH3 is 1. The van der Waals surface area contributed by atoms with Crippen LogP contribution in [0.25, 0.3) is 0 Å². The highest BCUT2D eigenvalue weighted by Crippen LogP contribution is 2.16. The van der Waals surface area contributed by atoms with Crippen molar-refractivity contribution >= 4 is 6.08 Å². The molecular weight excluding hydrogens is 168 g/mol. The highest BCUT2D eigenvalue weighted by Gasteiger charge is 2.03. The first kappa shape index (κ1) is 9.42. The van der Waals surface area contributed by atoms with E-state index < -0.39 is 0 Å². The molecule has 0 saturated carbocycles. The van der Waals surface area contributed by atoms with Gasteiger partial charge < -0.3 is 4.74 Å². The monoisotopic (exact) mass is 178 g/mol. The van der Waals surface area contributed by atoms with Gasteiger partial charge in [0, 0.05) is 12.3 Å². The lowest BCUT2D eigenvalue weighted by atomic mass is 10.1. The van der Waals surface area contributed by atoms with E-state index in [0.29, 0.717) is 5.88 Å². The molecule has 13 heavy (non-hydrogen) atoms. The number of isocyanates is 1. The van der Waals surface area contributed by atoms with Gasteiger partial charge in [-0.2, -0.15) is 4.99 Å². The second-order valence-corrected chi connectivity index (χ2v) is 2.53. The van der Waals surface area contributed by atoms with Crippen molar-refractivity contribution in [2.75, 3.05) is 7.11 Å². The first-order valence-electron chi connectivity index (χ1n) is 3.85. The SMILES string of the molecule is COc1ccc(C(C)N=C=O)cn1. The zero-order chi connectivity index (χ0) is 9.68.